The highest BCUT2D eigenvalue weighted by atomic mass is 16.5. The van der Waals surface area contributed by atoms with E-state index in [1.165, 1.54) is 18.4 Å². The molecule has 0 aromatic carbocycles. The molecule has 0 atom stereocenters. The van der Waals surface area contributed by atoms with Gasteiger partial charge in [-0.05, 0) is 37.3 Å². The number of aromatic nitrogens is 1. The van der Waals surface area contributed by atoms with Gasteiger partial charge in [0.2, 0.25) is 0 Å². The van der Waals surface area contributed by atoms with E-state index in [-0.39, 0.29) is 0 Å². The van der Waals surface area contributed by atoms with Gasteiger partial charge in [-0.3, -0.25) is 4.98 Å². The standard InChI is InChI=1S/C12H17NO/c1-8(2)10-6-12(9(3)13-7-10)14-11-4-5-11/h6-8,11H,4-5H2,1-3H3. The fourth-order valence-corrected chi connectivity index (χ4v) is 1.33. The molecule has 1 heterocycles. The SMILES string of the molecule is Cc1ncc(C(C)C)cc1OC1CC1. The fourth-order valence-electron chi connectivity index (χ4n) is 1.33. The summed E-state index contributed by atoms with van der Waals surface area (Å²) in [4.78, 5) is 4.36. The Kier molecular flexibility index (Phi) is 2.44. The Morgan fingerprint density at radius 2 is 2.14 bits per heavy atom. The van der Waals surface area contributed by atoms with E-state index >= 15 is 0 Å². The minimum absolute atomic E-state index is 0.456. The first-order chi connectivity index (χ1) is 6.66. The summed E-state index contributed by atoms with van der Waals surface area (Å²) in [5, 5.41) is 0. The molecule has 0 saturated heterocycles. The fraction of sp³-hybridized carbons (Fsp3) is 0.583. The molecular formula is C12H17NO. The van der Waals surface area contributed by atoms with Crippen LogP contribution in [0, 0.1) is 6.92 Å². The Hall–Kier alpha value is -1.05. The quantitative estimate of drug-likeness (QED) is 0.732. The molecule has 1 aromatic rings. The molecule has 0 amide bonds. The second-order valence-electron chi connectivity index (χ2n) is 4.32. The van der Waals surface area contributed by atoms with Crippen molar-refractivity contribution < 1.29 is 4.74 Å². The Balaban J connectivity index is 2.21. The van der Waals surface area contributed by atoms with Gasteiger partial charge in [0.1, 0.15) is 5.75 Å². The number of rotatable bonds is 3. The largest absolute Gasteiger partial charge is 0.489 e. The molecule has 2 heteroatoms. The van der Waals surface area contributed by atoms with Crippen LogP contribution in [0.1, 0.15) is 43.9 Å². The molecule has 14 heavy (non-hydrogen) atoms. The molecule has 0 aliphatic heterocycles. The maximum atomic E-state index is 5.78. The van der Waals surface area contributed by atoms with Crippen LogP contribution in [0.2, 0.25) is 0 Å². The second-order valence-corrected chi connectivity index (χ2v) is 4.32. The molecule has 0 unspecified atom stereocenters. The smallest absolute Gasteiger partial charge is 0.141 e. The summed E-state index contributed by atoms with van der Waals surface area (Å²) in [6.07, 6.45) is 4.80. The summed E-state index contributed by atoms with van der Waals surface area (Å²) < 4.78 is 5.78. The monoisotopic (exact) mass is 191 g/mol. The van der Waals surface area contributed by atoms with E-state index in [9.17, 15) is 0 Å². The zero-order valence-corrected chi connectivity index (χ0v) is 9.08. The minimum atomic E-state index is 0.456. The molecule has 2 rings (SSSR count). The predicted molar refractivity (Wildman–Crippen MR) is 56.7 cm³/mol. The molecule has 1 aromatic heterocycles. The lowest BCUT2D eigenvalue weighted by atomic mass is 10.1. The van der Waals surface area contributed by atoms with Crippen molar-refractivity contribution in [3.05, 3.63) is 23.5 Å². The maximum absolute atomic E-state index is 5.78. The van der Waals surface area contributed by atoms with E-state index in [0.29, 0.717) is 12.0 Å². The molecule has 1 aliphatic rings. The van der Waals surface area contributed by atoms with Crippen molar-refractivity contribution in [3.63, 3.8) is 0 Å². The highest BCUT2D eigenvalue weighted by Crippen LogP contribution is 2.29. The van der Waals surface area contributed by atoms with Crippen molar-refractivity contribution in [1.29, 1.82) is 0 Å². The summed E-state index contributed by atoms with van der Waals surface area (Å²) in [6.45, 7) is 6.35. The normalized spacial score (nSPS) is 16.0. The lowest BCUT2D eigenvalue weighted by molar-refractivity contribution is 0.299. The van der Waals surface area contributed by atoms with Crippen LogP contribution in [0.5, 0.6) is 5.75 Å². The number of nitrogens with zero attached hydrogens (tertiary/aromatic N) is 1. The molecule has 1 fully saturated rings. The first kappa shape index (κ1) is 9.50. The molecule has 0 N–H and O–H groups in total. The van der Waals surface area contributed by atoms with Crippen LogP contribution in [-0.2, 0) is 0 Å². The zero-order chi connectivity index (χ0) is 10.1. The third-order valence-corrected chi connectivity index (χ3v) is 2.55. The van der Waals surface area contributed by atoms with E-state index in [1.54, 1.807) is 0 Å². The summed E-state index contributed by atoms with van der Waals surface area (Å²) in [6, 6.07) is 2.13. The third kappa shape index (κ3) is 2.06. The van der Waals surface area contributed by atoms with Crippen molar-refractivity contribution in [2.24, 2.45) is 0 Å². The van der Waals surface area contributed by atoms with Crippen LogP contribution in [-0.4, -0.2) is 11.1 Å². The first-order valence-corrected chi connectivity index (χ1v) is 5.30. The predicted octanol–water partition coefficient (Wildman–Crippen LogP) is 3.05. The van der Waals surface area contributed by atoms with Crippen LogP contribution < -0.4 is 4.74 Å². The molecule has 1 aliphatic carbocycles. The van der Waals surface area contributed by atoms with Gasteiger partial charge in [0.15, 0.2) is 0 Å². The minimum Gasteiger partial charge on any atom is -0.489 e. The van der Waals surface area contributed by atoms with E-state index in [1.807, 2.05) is 13.1 Å². The van der Waals surface area contributed by atoms with Gasteiger partial charge in [-0.15, -0.1) is 0 Å². The highest BCUT2D eigenvalue weighted by Gasteiger charge is 2.24. The lowest BCUT2D eigenvalue weighted by Gasteiger charge is -2.11. The molecular weight excluding hydrogens is 174 g/mol. The molecule has 1 saturated carbocycles. The average molecular weight is 191 g/mol. The molecule has 76 valence electrons. The van der Waals surface area contributed by atoms with E-state index in [2.05, 4.69) is 24.9 Å². The van der Waals surface area contributed by atoms with Gasteiger partial charge >= 0.3 is 0 Å². The Labute approximate surface area is 85.3 Å². The van der Waals surface area contributed by atoms with Crippen molar-refractivity contribution in [1.82, 2.24) is 4.98 Å². The van der Waals surface area contributed by atoms with Crippen molar-refractivity contribution in [2.75, 3.05) is 0 Å². The second kappa shape index (κ2) is 3.60. The summed E-state index contributed by atoms with van der Waals surface area (Å²) in [5.74, 6) is 1.49. The van der Waals surface area contributed by atoms with Crippen molar-refractivity contribution >= 4 is 0 Å². The van der Waals surface area contributed by atoms with Crippen LogP contribution in [0.15, 0.2) is 12.3 Å². The van der Waals surface area contributed by atoms with E-state index < -0.39 is 0 Å². The molecule has 0 spiro atoms. The van der Waals surface area contributed by atoms with E-state index in [0.717, 1.165) is 11.4 Å². The van der Waals surface area contributed by atoms with Gasteiger partial charge in [-0.25, -0.2) is 0 Å². The molecule has 0 radical (unpaired) electrons. The van der Waals surface area contributed by atoms with Gasteiger partial charge in [0.05, 0.1) is 11.8 Å². The molecule has 0 bridgehead atoms. The Morgan fingerprint density at radius 1 is 1.43 bits per heavy atom. The van der Waals surface area contributed by atoms with Gasteiger partial charge in [-0.1, -0.05) is 13.8 Å². The van der Waals surface area contributed by atoms with Crippen LogP contribution in [0.3, 0.4) is 0 Å². The topological polar surface area (TPSA) is 22.1 Å². The van der Waals surface area contributed by atoms with E-state index in [4.69, 9.17) is 4.74 Å². The Bertz CT molecular complexity index is 329. The first-order valence-electron chi connectivity index (χ1n) is 5.30. The summed E-state index contributed by atoms with van der Waals surface area (Å²) >= 11 is 0. The number of hydrogen-bond donors (Lipinski definition) is 0. The van der Waals surface area contributed by atoms with Crippen molar-refractivity contribution in [2.45, 2.75) is 45.6 Å². The van der Waals surface area contributed by atoms with Crippen LogP contribution in [0.4, 0.5) is 0 Å². The van der Waals surface area contributed by atoms with Crippen LogP contribution >= 0.6 is 0 Å². The van der Waals surface area contributed by atoms with Crippen molar-refractivity contribution in [3.8, 4) is 5.75 Å². The van der Waals surface area contributed by atoms with Gasteiger partial charge in [0, 0.05) is 6.20 Å². The number of aryl methyl sites for hydroxylation is 1. The number of pyridine rings is 1. The van der Waals surface area contributed by atoms with Gasteiger partial charge < -0.3 is 4.74 Å². The van der Waals surface area contributed by atoms with Crippen LogP contribution in [0.25, 0.3) is 0 Å². The van der Waals surface area contributed by atoms with Gasteiger partial charge in [0.25, 0.3) is 0 Å². The maximum Gasteiger partial charge on any atom is 0.141 e. The number of ether oxygens (including phenoxy) is 1. The molecule has 2 nitrogen and oxygen atoms in total. The summed E-state index contributed by atoms with van der Waals surface area (Å²) in [5.41, 5.74) is 2.26. The average Bonchev–Trinajstić information content (AvgIpc) is 2.92. The zero-order valence-electron chi connectivity index (χ0n) is 9.08. The number of hydrogen-bond acceptors (Lipinski definition) is 2. The lowest BCUT2D eigenvalue weighted by Crippen LogP contribution is -2.01. The summed E-state index contributed by atoms with van der Waals surface area (Å²) in [7, 11) is 0. The van der Waals surface area contributed by atoms with Gasteiger partial charge in [-0.2, -0.15) is 0 Å². The highest BCUT2D eigenvalue weighted by molar-refractivity contribution is 5.32. The Morgan fingerprint density at radius 3 is 2.71 bits per heavy atom. The third-order valence-electron chi connectivity index (χ3n) is 2.55.